The second kappa shape index (κ2) is 6.57. The molecule has 114 valence electrons. The van der Waals surface area contributed by atoms with Gasteiger partial charge in [-0.25, -0.2) is 0 Å². The highest BCUT2D eigenvalue weighted by molar-refractivity contribution is 5.83. The van der Waals surface area contributed by atoms with E-state index < -0.39 is 0 Å². The van der Waals surface area contributed by atoms with Crippen molar-refractivity contribution < 1.29 is 9.59 Å². The smallest absolute Gasteiger partial charge is 0.228 e. The van der Waals surface area contributed by atoms with Gasteiger partial charge in [-0.15, -0.1) is 0 Å². The van der Waals surface area contributed by atoms with Gasteiger partial charge in [0.2, 0.25) is 11.8 Å². The zero-order chi connectivity index (χ0) is 14.6. The fourth-order valence-corrected chi connectivity index (χ4v) is 3.53. The van der Waals surface area contributed by atoms with Crippen LogP contribution in [0.5, 0.6) is 0 Å². The van der Waals surface area contributed by atoms with Gasteiger partial charge in [-0.05, 0) is 45.2 Å². The molecule has 0 saturated carbocycles. The van der Waals surface area contributed by atoms with Crippen LogP contribution in [0.2, 0.25) is 0 Å². The highest BCUT2D eigenvalue weighted by Gasteiger charge is 2.41. The van der Waals surface area contributed by atoms with E-state index in [0.29, 0.717) is 12.5 Å². The maximum Gasteiger partial charge on any atom is 0.228 e. The molecule has 0 radical (unpaired) electrons. The Kier molecular flexibility index (Phi) is 5.02. The van der Waals surface area contributed by atoms with Crippen LogP contribution in [0.25, 0.3) is 0 Å². The highest BCUT2D eigenvalue weighted by Crippen LogP contribution is 2.35. The lowest BCUT2D eigenvalue weighted by Gasteiger charge is -2.42. The molecule has 5 heteroatoms. The second-order valence-electron chi connectivity index (χ2n) is 6.17. The molecule has 20 heavy (non-hydrogen) atoms. The van der Waals surface area contributed by atoms with Gasteiger partial charge >= 0.3 is 0 Å². The Morgan fingerprint density at radius 2 is 2.05 bits per heavy atom. The van der Waals surface area contributed by atoms with Crippen LogP contribution >= 0.6 is 0 Å². The topological polar surface area (TPSA) is 61.4 Å². The first-order valence-corrected chi connectivity index (χ1v) is 7.84. The highest BCUT2D eigenvalue weighted by atomic mass is 16.2. The van der Waals surface area contributed by atoms with Crippen molar-refractivity contribution in [2.24, 2.45) is 5.41 Å². The number of hydrogen-bond acceptors (Lipinski definition) is 3. The van der Waals surface area contributed by atoms with Crippen molar-refractivity contribution in [2.45, 2.75) is 52.0 Å². The largest absolute Gasteiger partial charge is 0.352 e. The molecule has 2 heterocycles. The number of carbonyl (C=O) groups is 2. The van der Waals surface area contributed by atoms with Gasteiger partial charge in [0.1, 0.15) is 0 Å². The van der Waals surface area contributed by atoms with Crippen molar-refractivity contribution in [3.8, 4) is 0 Å². The van der Waals surface area contributed by atoms with Crippen LogP contribution in [-0.4, -0.2) is 48.9 Å². The first-order chi connectivity index (χ1) is 9.57. The van der Waals surface area contributed by atoms with Crippen molar-refractivity contribution in [1.82, 2.24) is 15.5 Å². The van der Waals surface area contributed by atoms with Crippen LogP contribution in [0.1, 0.15) is 46.0 Å². The number of nitrogens with one attached hydrogen (secondary N) is 2. The molecule has 0 aromatic heterocycles. The lowest BCUT2D eigenvalue weighted by atomic mass is 9.75. The molecule has 2 aliphatic heterocycles. The van der Waals surface area contributed by atoms with Gasteiger partial charge in [0, 0.05) is 26.1 Å². The van der Waals surface area contributed by atoms with Gasteiger partial charge < -0.3 is 15.5 Å². The number of rotatable bonds is 3. The Balaban J connectivity index is 2.01. The van der Waals surface area contributed by atoms with E-state index in [4.69, 9.17) is 0 Å². The van der Waals surface area contributed by atoms with Crippen molar-refractivity contribution in [1.29, 1.82) is 0 Å². The Bertz CT molecular complexity index is 364. The molecule has 2 saturated heterocycles. The summed E-state index contributed by atoms with van der Waals surface area (Å²) in [5.74, 6) is 0.299. The molecule has 0 aromatic rings. The number of hydrogen-bond donors (Lipinski definition) is 2. The van der Waals surface area contributed by atoms with E-state index >= 15 is 0 Å². The van der Waals surface area contributed by atoms with E-state index in [9.17, 15) is 9.59 Å². The summed E-state index contributed by atoms with van der Waals surface area (Å²) >= 11 is 0. The zero-order valence-corrected chi connectivity index (χ0v) is 12.7. The Labute approximate surface area is 121 Å². The molecular weight excluding hydrogens is 254 g/mol. The molecule has 1 atom stereocenters. The molecular formula is C15H27N3O2. The molecule has 2 amide bonds. The van der Waals surface area contributed by atoms with Crippen molar-refractivity contribution >= 4 is 11.8 Å². The predicted octanol–water partition coefficient (Wildman–Crippen LogP) is 0.893. The molecule has 5 nitrogen and oxygen atoms in total. The molecule has 0 bridgehead atoms. The summed E-state index contributed by atoms with van der Waals surface area (Å²) in [5, 5.41) is 6.29. The van der Waals surface area contributed by atoms with Crippen molar-refractivity contribution in [3.63, 3.8) is 0 Å². The standard InChI is InChI=1S/C15H27N3O2/c1-3-15(6-8-16-9-7-15)14(20)18-10-4-5-13(11-18)17-12(2)19/h13,16H,3-11H2,1-2H3,(H,17,19). The maximum atomic E-state index is 12.9. The average molecular weight is 281 g/mol. The third-order valence-electron chi connectivity index (χ3n) is 4.81. The van der Waals surface area contributed by atoms with Gasteiger partial charge in [0.05, 0.1) is 5.41 Å². The fraction of sp³-hybridized carbons (Fsp3) is 0.867. The Morgan fingerprint density at radius 1 is 1.35 bits per heavy atom. The molecule has 0 spiro atoms. The van der Waals surface area contributed by atoms with E-state index in [1.165, 1.54) is 0 Å². The van der Waals surface area contributed by atoms with E-state index in [2.05, 4.69) is 17.6 Å². The summed E-state index contributed by atoms with van der Waals surface area (Å²) in [6.07, 6.45) is 4.74. The van der Waals surface area contributed by atoms with E-state index in [0.717, 1.165) is 51.7 Å². The normalized spacial score (nSPS) is 26.1. The van der Waals surface area contributed by atoms with Crippen LogP contribution in [0, 0.1) is 5.41 Å². The minimum Gasteiger partial charge on any atom is -0.352 e. The average Bonchev–Trinajstić information content (AvgIpc) is 2.47. The van der Waals surface area contributed by atoms with Gasteiger partial charge in [-0.1, -0.05) is 6.92 Å². The monoisotopic (exact) mass is 281 g/mol. The summed E-state index contributed by atoms with van der Waals surface area (Å²) in [4.78, 5) is 26.1. The maximum absolute atomic E-state index is 12.9. The summed E-state index contributed by atoms with van der Waals surface area (Å²) in [6, 6.07) is 0.126. The number of amides is 2. The summed E-state index contributed by atoms with van der Waals surface area (Å²) in [7, 11) is 0. The first kappa shape index (κ1) is 15.3. The molecule has 0 aliphatic carbocycles. The van der Waals surface area contributed by atoms with E-state index in [-0.39, 0.29) is 17.4 Å². The quantitative estimate of drug-likeness (QED) is 0.808. The molecule has 2 N–H and O–H groups in total. The van der Waals surface area contributed by atoms with Gasteiger partial charge in [0.25, 0.3) is 0 Å². The minimum absolute atomic E-state index is 0.00336. The van der Waals surface area contributed by atoms with Crippen molar-refractivity contribution in [3.05, 3.63) is 0 Å². The van der Waals surface area contributed by atoms with Crippen LogP contribution in [0.3, 0.4) is 0 Å². The van der Waals surface area contributed by atoms with E-state index in [1.54, 1.807) is 6.92 Å². The molecule has 2 aliphatic rings. The summed E-state index contributed by atoms with van der Waals surface area (Å²) in [6.45, 7) is 7.04. The zero-order valence-electron chi connectivity index (χ0n) is 12.7. The third-order valence-corrected chi connectivity index (χ3v) is 4.81. The van der Waals surface area contributed by atoms with Crippen LogP contribution < -0.4 is 10.6 Å². The number of carbonyl (C=O) groups excluding carboxylic acids is 2. The number of likely N-dealkylation sites (tertiary alicyclic amines) is 1. The lowest BCUT2D eigenvalue weighted by Crippen LogP contribution is -2.55. The predicted molar refractivity (Wildman–Crippen MR) is 78.2 cm³/mol. The number of nitrogens with zero attached hydrogens (tertiary/aromatic N) is 1. The van der Waals surface area contributed by atoms with Crippen molar-refractivity contribution in [2.75, 3.05) is 26.2 Å². The van der Waals surface area contributed by atoms with Gasteiger partial charge in [0.15, 0.2) is 0 Å². The van der Waals surface area contributed by atoms with Crippen LogP contribution in [0.15, 0.2) is 0 Å². The second-order valence-corrected chi connectivity index (χ2v) is 6.17. The Morgan fingerprint density at radius 3 is 2.65 bits per heavy atom. The SMILES string of the molecule is CCC1(C(=O)N2CCCC(NC(C)=O)C2)CCNCC1. The van der Waals surface area contributed by atoms with Gasteiger partial charge in [-0.3, -0.25) is 9.59 Å². The minimum atomic E-state index is -0.177. The lowest BCUT2D eigenvalue weighted by molar-refractivity contribution is -0.146. The fourth-order valence-electron chi connectivity index (χ4n) is 3.53. The number of piperidine rings is 2. The van der Waals surface area contributed by atoms with E-state index in [1.807, 2.05) is 4.90 Å². The molecule has 2 fully saturated rings. The Hall–Kier alpha value is -1.10. The molecule has 1 unspecified atom stereocenters. The molecule has 2 rings (SSSR count). The van der Waals surface area contributed by atoms with Gasteiger partial charge in [-0.2, -0.15) is 0 Å². The third kappa shape index (κ3) is 3.32. The first-order valence-electron chi connectivity index (χ1n) is 7.84. The van der Waals surface area contributed by atoms with Crippen LogP contribution in [-0.2, 0) is 9.59 Å². The summed E-state index contributed by atoms with van der Waals surface area (Å²) < 4.78 is 0. The molecule has 0 aromatic carbocycles. The van der Waals surface area contributed by atoms with Crippen LogP contribution in [0.4, 0.5) is 0 Å². The summed E-state index contributed by atoms with van der Waals surface area (Å²) in [5.41, 5.74) is -0.177.